The Hall–Kier alpha value is -3.28. The van der Waals surface area contributed by atoms with Crippen LogP contribution >= 0.6 is 0 Å². The Labute approximate surface area is 171 Å². The third-order valence-electron chi connectivity index (χ3n) is 4.38. The molecule has 0 unspecified atom stereocenters. The van der Waals surface area contributed by atoms with Crippen LogP contribution in [0.15, 0.2) is 42.5 Å². The smallest absolute Gasteiger partial charge is 0.331 e. The van der Waals surface area contributed by atoms with Crippen LogP contribution in [0.4, 0.5) is 0 Å². The Morgan fingerprint density at radius 1 is 0.897 bits per heavy atom. The van der Waals surface area contributed by atoms with Crippen LogP contribution in [0.1, 0.15) is 41.3 Å². The summed E-state index contributed by atoms with van der Waals surface area (Å²) < 4.78 is 20.9. The fourth-order valence-electron chi connectivity index (χ4n) is 2.66. The van der Waals surface area contributed by atoms with E-state index in [1.165, 1.54) is 33.5 Å². The molecule has 0 aliphatic rings. The van der Waals surface area contributed by atoms with E-state index in [4.69, 9.17) is 18.9 Å². The number of hydrogen-bond acceptors (Lipinski definition) is 6. The molecular weight excluding hydrogens is 372 g/mol. The summed E-state index contributed by atoms with van der Waals surface area (Å²) in [6.07, 6.45) is 2.77. The van der Waals surface area contributed by atoms with E-state index in [1.54, 1.807) is 24.3 Å². The van der Waals surface area contributed by atoms with Crippen molar-refractivity contribution in [1.82, 2.24) is 0 Å². The first-order chi connectivity index (χ1) is 13.9. The topological polar surface area (TPSA) is 71.1 Å². The monoisotopic (exact) mass is 398 g/mol. The molecule has 2 aromatic carbocycles. The van der Waals surface area contributed by atoms with Crippen molar-refractivity contribution >= 4 is 17.8 Å². The van der Waals surface area contributed by atoms with Gasteiger partial charge < -0.3 is 18.9 Å². The summed E-state index contributed by atoms with van der Waals surface area (Å²) in [7, 11) is 4.56. The molecule has 0 fully saturated rings. The number of Topliss-reactive ketones (excluding diaryl/α,β-unsaturated/α-hetero) is 1. The number of methoxy groups -OCH3 is 3. The van der Waals surface area contributed by atoms with Crippen LogP contribution in [0, 0.1) is 0 Å². The molecule has 6 nitrogen and oxygen atoms in total. The summed E-state index contributed by atoms with van der Waals surface area (Å²) in [6, 6.07) is 10.6. The molecule has 2 rings (SSSR count). The third-order valence-corrected chi connectivity index (χ3v) is 4.38. The molecular formula is C23H26O6. The van der Waals surface area contributed by atoms with Crippen molar-refractivity contribution in [2.75, 3.05) is 27.9 Å². The number of benzene rings is 2. The standard InChI is InChI=1S/C23H26O6/c1-15(2)16-6-8-17(9-7-16)19(24)14-29-23(25)11-10-18-12-21(27-4)22(28-5)13-20(18)26-3/h6-13,15H,14H2,1-5H3/b11-10+. The van der Waals surface area contributed by atoms with Gasteiger partial charge in [-0.1, -0.05) is 38.1 Å². The molecule has 0 aliphatic carbocycles. The van der Waals surface area contributed by atoms with E-state index in [1.807, 2.05) is 12.1 Å². The number of hydrogen-bond donors (Lipinski definition) is 0. The van der Waals surface area contributed by atoms with Gasteiger partial charge in [-0.05, 0) is 23.6 Å². The summed E-state index contributed by atoms with van der Waals surface area (Å²) in [5, 5.41) is 0. The Bertz CT molecular complexity index is 881. The first kappa shape index (κ1) is 22.0. The number of carbonyl (C=O) groups is 2. The highest BCUT2D eigenvalue weighted by Gasteiger charge is 2.12. The van der Waals surface area contributed by atoms with Gasteiger partial charge in [0.25, 0.3) is 0 Å². The first-order valence-electron chi connectivity index (χ1n) is 9.17. The van der Waals surface area contributed by atoms with Crippen molar-refractivity contribution in [3.8, 4) is 17.2 Å². The lowest BCUT2D eigenvalue weighted by Crippen LogP contribution is -2.12. The van der Waals surface area contributed by atoms with E-state index in [2.05, 4.69) is 13.8 Å². The largest absolute Gasteiger partial charge is 0.496 e. The molecule has 0 N–H and O–H groups in total. The maximum atomic E-state index is 12.2. The Kier molecular flexibility index (Phi) is 7.83. The molecule has 0 saturated carbocycles. The van der Waals surface area contributed by atoms with Crippen molar-refractivity contribution in [1.29, 1.82) is 0 Å². The molecule has 0 spiro atoms. The number of ether oxygens (including phenoxy) is 4. The number of esters is 1. The summed E-state index contributed by atoms with van der Waals surface area (Å²) >= 11 is 0. The van der Waals surface area contributed by atoms with Gasteiger partial charge in [-0.3, -0.25) is 4.79 Å². The van der Waals surface area contributed by atoms with E-state index in [0.717, 1.165) is 5.56 Å². The second kappa shape index (κ2) is 10.3. The summed E-state index contributed by atoms with van der Waals surface area (Å²) in [5.41, 5.74) is 2.26. The van der Waals surface area contributed by atoms with Gasteiger partial charge in [-0.25, -0.2) is 4.79 Å². The van der Waals surface area contributed by atoms with Crippen molar-refractivity contribution in [3.05, 3.63) is 59.2 Å². The zero-order valence-corrected chi connectivity index (χ0v) is 17.4. The second-order valence-corrected chi connectivity index (χ2v) is 6.59. The molecule has 0 atom stereocenters. The van der Waals surface area contributed by atoms with E-state index in [9.17, 15) is 9.59 Å². The van der Waals surface area contributed by atoms with Gasteiger partial charge in [0.2, 0.25) is 0 Å². The second-order valence-electron chi connectivity index (χ2n) is 6.59. The number of carbonyl (C=O) groups excluding carboxylic acids is 2. The molecule has 29 heavy (non-hydrogen) atoms. The molecule has 0 amide bonds. The molecule has 0 radical (unpaired) electrons. The van der Waals surface area contributed by atoms with Crippen LogP contribution in [0.5, 0.6) is 17.2 Å². The highest BCUT2D eigenvalue weighted by Crippen LogP contribution is 2.35. The van der Waals surface area contributed by atoms with Crippen LogP contribution in [-0.2, 0) is 9.53 Å². The van der Waals surface area contributed by atoms with Gasteiger partial charge in [-0.15, -0.1) is 0 Å². The summed E-state index contributed by atoms with van der Waals surface area (Å²) in [5.74, 6) is 1.02. The SMILES string of the molecule is COc1cc(OC)c(OC)cc1/C=C/C(=O)OCC(=O)c1ccc(C(C)C)cc1. The van der Waals surface area contributed by atoms with Crippen molar-refractivity contribution in [2.24, 2.45) is 0 Å². The van der Waals surface area contributed by atoms with Crippen LogP contribution < -0.4 is 14.2 Å². The molecule has 0 heterocycles. The van der Waals surface area contributed by atoms with Crippen molar-refractivity contribution in [2.45, 2.75) is 19.8 Å². The van der Waals surface area contributed by atoms with Gasteiger partial charge in [0.1, 0.15) is 5.75 Å². The van der Waals surface area contributed by atoms with Crippen molar-refractivity contribution < 1.29 is 28.5 Å². The number of rotatable bonds is 9. The highest BCUT2D eigenvalue weighted by molar-refractivity contribution is 5.99. The quantitative estimate of drug-likeness (QED) is 0.357. The average molecular weight is 398 g/mol. The average Bonchev–Trinajstić information content (AvgIpc) is 2.75. The minimum atomic E-state index is -0.631. The molecule has 6 heteroatoms. The van der Waals surface area contributed by atoms with Gasteiger partial charge in [0.15, 0.2) is 23.9 Å². The van der Waals surface area contributed by atoms with Crippen LogP contribution in [0.3, 0.4) is 0 Å². The zero-order valence-electron chi connectivity index (χ0n) is 17.4. The van der Waals surface area contributed by atoms with Gasteiger partial charge in [-0.2, -0.15) is 0 Å². The summed E-state index contributed by atoms with van der Waals surface area (Å²) in [4.78, 5) is 24.2. The Morgan fingerprint density at radius 3 is 2.03 bits per heavy atom. The van der Waals surface area contributed by atoms with E-state index >= 15 is 0 Å². The Morgan fingerprint density at radius 2 is 1.48 bits per heavy atom. The van der Waals surface area contributed by atoms with Crippen LogP contribution in [-0.4, -0.2) is 39.7 Å². The number of ketones is 1. The van der Waals surface area contributed by atoms with E-state index in [0.29, 0.717) is 34.3 Å². The molecule has 0 aromatic heterocycles. The predicted molar refractivity (Wildman–Crippen MR) is 111 cm³/mol. The first-order valence-corrected chi connectivity index (χ1v) is 9.17. The normalized spacial score (nSPS) is 10.8. The zero-order chi connectivity index (χ0) is 21.4. The van der Waals surface area contributed by atoms with E-state index in [-0.39, 0.29) is 12.4 Å². The fourth-order valence-corrected chi connectivity index (χ4v) is 2.66. The highest BCUT2D eigenvalue weighted by atomic mass is 16.5. The molecule has 154 valence electrons. The minimum Gasteiger partial charge on any atom is -0.496 e. The van der Waals surface area contributed by atoms with Gasteiger partial charge in [0, 0.05) is 23.3 Å². The van der Waals surface area contributed by atoms with Crippen LogP contribution in [0.2, 0.25) is 0 Å². The van der Waals surface area contributed by atoms with Gasteiger partial charge >= 0.3 is 5.97 Å². The lowest BCUT2D eigenvalue weighted by atomic mass is 10.0. The van der Waals surface area contributed by atoms with E-state index < -0.39 is 5.97 Å². The van der Waals surface area contributed by atoms with Gasteiger partial charge in [0.05, 0.1) is 21.3 Å². The van der Waals surface area contributed by atoms with Crippen molar-refractivity contribution in [3.63, 3.8) is 0 Å². The Balaban J connectivity index is 2.01. The molecule has 0 saturated heterocycles. The minimum absolute atomic E-state index is 0.259. The van der Waals surface area contributed by atoms with Crippen LogP contribution in [0.25, 0.3) is 6.08 Å². The molecule has 0 aliphatic heterocycles. The maximum Gasteiger partial charge on any atom is 0.331 e. The molecule has 0 bridgehead atoms. The predicted octanol–water partition coefficient (Wildman–Crippen LogP) is 4.28. The summed E-state index contributed by atoms with van der Waals surface area (Å²) in [6.45, 7) is 3.84. The maximum absolute atomic E-state index is 12.2. The lowest BCUT2D eigenvalue weighted by molar-refractivity contribution is -0.136. The molecule has 2 aromatic rings. The third kappa shape index (κ3) is 5.85. The fraction of sp³-hybridized carbons (Fsp3) is 0.304. The lowest BCUT2D eigenvalue weighted by Gasteiger charge is -2.12.